The molecule has 3 amide bonds. The lowest BCUT2D eigenvalue weighted by atomic mass is 9.93. The van der Waals surface area contributed by atoms with Crippen molar-refractivity contribution in [2.24, 2.45) is 11.7 Å². The third-order valence-corrected chi connectivity index (χ3v) is 5.91. The van der Waals surface area contributed by atoms with E-state index in [1.54, 1.807) is 62.4 Å². The number of likely N-dealkylation sites (N-methyl/N-ethyl adjacent to an activating group) is 1. The largest absolute Gasteiger partial charge is 0.478 e. The molecule has 1 atom stereocenters. The first-order chi connectivity index (χ1) is 18.0. The van der Waals surface area contributed by atoms with Crippen LogP contribution < -0.4 is 21.7 Å². The number of aromatic carboxylic acids is 1. The van der Waals surface area contributed by atoms with Crippen LogP contribution in [0.4, 0.5) is 5.69 Å². The number of anilines is 1. The Morgan fingerprint density at radius 1 is 0.842 bits per heavy atom. The molecule has 3 aromatic rings. The molecule has 196 valence electrons. The van der Waals surface area contributed by atoms with Crippen LogP contribution in [0.1, 0.15) is 50.5 Å². The summed E-state index contributed by atoms with van der Waals surface area (Å²) in [4.78, 5) is 50.3. The van der Waals surface area contributed by atoms with Gasteiger partial charge in [0.2, 0.25) is 5.91 Å². The molecule has 0 saturated heterocycles. The van der Waals surface area contributed by atoms with Crippen LogP contribution in [0.25, 0.3) is 11.1 Å². The topological polar surface area (TPSA) is 174 Å². The molecule has 0 aliphatic heterocycles. The molecule has 7 N–H and O–H groups in total. The molecule has 0 saturated carbocycles. The molecule has 0 spiro atoms. The van der Waals surface area contributed by atoms with Crippen LogP contribution in [0.3, 0.4) is 0 Å². The Morgan fingerprint density at radius 2 is 1.45 bits per heavy atom. The zero-order chi connectivity index (χ0) is 28.0. The average molecular weight is 516 g/mol. The number of carbonyl (C=O) groups is 4. The SMILES string of the molecule is CNC(=O)C(NC(=O)c1ccc(-c2ccccc2C(=O)Nc2ccc(C(=N)N)cc2)c(C(=O)O)c1)C(C)C. The van der Waals surface area contributed by atoms with Gasteiger partial charge in [-0.05, 0) is 59.5 Å². The molecule has 0 fully saturated rings. The summed E-state index contributed by atoms with van der Waals surface area (Å²) in [6.07, 6.45) is 0. The van der Waals surface area contributed by atoms with Crippen LogP contribution in [-0.4, -0.2) is 47.7 Å². The van der Waals surface area contributed by atoms with E-state index in [1.165, 1.54) is 25.2 Å². The van der Waals surface area contributed by atoms with Gasteiger partial charge in [0.15, 0.2) is 0 Å². The van der Waals surface area contributed by atoms with Crippen molar-refractivity contribution in [3.8, 4) is 11.1 Å². The molecule has 0 aliphatic rings. The van der Waals surface area contributed by atoms with E-state index < -0.39 is 23.8 Å². The normalized spacial score (nSPS) is 11.4. The highest BCUT2D eigenvalue weighted by Gasteiger charge is 2.25. The summed E-state index contributed by atoms with van der Waals surface area (Å²) in [7, 11) is 1.47. The van der Waals surface area contributed by atoms with Crippen molar-refractivity contribution in [1.82, 2.24) is 10.6 Å². The van der Waals surface area contributed by atoms with Gasteiger partial charge in [-0.3, -0.25) is 19.8 Å². The number of rotatable bonds is 9. The highest BCUT2D eigenvalue weighted by atomic mass is 16.4. The predicted octanol–water partition coefficient (Wildman–Crippen LogP) is 3.09. The molecule has 10 heteroatoms. The molecular formula is C28H29N5O5. The maximum absolute atomic E-state index is 13.1. The number of carbonyl (C=O) groups excluding carboxylic acids is 3. The van der Waals surface area contributed by atoms with Crippen LogP contribution in [0.5, 0.6) is 0 Å². The zero-order valence-electron chi connectivity index (χ0n) is 21.2. The van der Waals surface area contributed by atoms with Gasteiger partial charge in [-0.25, -0.2) is 4.79 Å². The number of amidine groups is 1. The van der Waals surface area contributed by atoms with Crippen LogP contribution >= 0.6 is 0 Å². The number of carboxylic acid groups (broad SMARTS) is 1. The summed E-state index contributed by atoms with van der Waals surface area (Å²) in [6.45, 7) is 3.57. The van der Waals surface area contributed by atoms with Gasteiger partial charge in [-0.15, -0.1) is 0 Å². The third kappa shape index (κ3) is 6.22. The highest BCUT2D eigenvalue weighted by molar-refractivity contribution is 6.11. The van der Waals surface area contributed by atoms with Gasteiger partial charge in [-0.2, -0.15) is 0 Å². The van der Waals surface area contributed by atoms with E-state index in [0.717, 1.165) is 0 Å². The van der Waals surface area contributed by atoms with Gasteiger partial charge in [0.05, 0.1) is 5.56 Å². The van der Waals surface area contributed by atoms with Crippen LogP contribution in [0.15, 0.2) is 66.7 Å². The third-order valence-electron chi connectivity index (χ3n) is 5.91. The molecule has 38 heavy (non-hydrogen) atoms. The van der Waals surface area contributed by atoms with Crippen molar-refractivity contribution in [1.29, 1.82) is 5.41 Å². The van der Waals surface area contributed by atoms with Crippen molar-refractivity contribution < 1.29 is 24.3 Å². The fraction of sp³-hybridized carbons (Fsp3) is 0.179. The number of benzene rings is 3. The first-order valence-corrected chi connectivity index (χ1v) is 11.8. The second-order valence-electron chi connectivity index (χ2n) is 8.87. The maximum atomic E-state index is 13.1. The van der Waals surface area contributed by atoms with Gasteiger partial charge in [-0.1, -0.05) is 38.1 Å². The summed E-state index contributed by atoms with van der Waals surface area (Å²) < 4.78 is 0. The number of hydrogen-bond donors (Lipinski definition) is 6. The minimum absolute atomic E-state index is 0.0631. The Labute approximate surface area is 219 Å². The van der Waals surface area contributed by atoms with E-state index in [0.29, 0.717) is 16.8 Å². The lowest BCUT2D eigenvalue weighted by Crippen LogP contribution is -2.48. The van der Waals surface area contributed by atoms with Gasteiger partial charge in [0, 0.05) is 29.4 Å². The number of nitrogen functional groups attached to an aromatic ring is 1. The minimum Gasteiger partial charge on any atom is -0.478 e. The zero-order valence-corrected chi connectivity index (χ0v) is 21.2. The van der Waals surface area contributed by atoms with E-state index in [2.05, 4.69) is 16.0 Å². The lowest BCUT2D eigenvalue weighted by Gasteiger charge is -2.21. The van der Waals surface area contributed by atoms with Crippen molar-refractivity contribution in [3.05, 3.63) is 89.0 Å². The summed E-state index contributed by atoms with van der Waals surface area (Å²) >= 11 is 0. The summed E-state index contributed by atoms with van der Waals surface area (Å²) in [5.74, 6) is -3.00. The Balaban J connectivity index is 1.95. The monoisotopic (exact) mass is 515 g/mol. The molecule has 1 unspecified atom stereocenters. The number of carboxylic acids is 1. The Bertz CT molecular complexity index is 1400. The molecule has 0 heterocycles. The average Bonchev–Trinajstić information content (AvgIpc) is 2.90. The summed E-state index contributed by atoms with van der Waals surface area (Å²) in [5, 5.41) is 25.3. The van der Waals surface area contributed by atoms with E-state index >= 15 is 0 Å². The summed E-state index contributed by atoms with van der Waals surface area (Å²) in [6, 6.07) is 16.3. The number of amides is 3. The highest BCUT2D eigenvalue weighted by Crippen LogP contribution is 2.29. The molecular weight excluding hydrogens is 486 g/mol. The fourth-order valence-corrected chi connectivity index (χ4v) is 3.86. The Morgan fingerprint density at radius 3 is 2.03 bits per heavy atom. The maximum Gasteiger partial charge on any atom is 0.336 e. The van der Waals surface area contributed by atoms with Crippen LogP contribution in [0.2, 0.25) is 0 Å². The van der Waals surface area contributed by atoms with Crippen molar-refractivity contribution in [2.75, 3.05) is 12.4 Å². The van der Waals surface area contributed by atoms with Crippen LogP contribution in [0, 0.1) is 11.3 Å². The van der Waals surface area contributed by atoms with Gasteiger partial charge in [0.25, 0.3) is 11.8 Å². The van der Waals surface area contributed by atoms with Crippen molar-refractivity contribution in [3.63, 3.8) is 0 Å². The molecule has 0 aromatic heterocycles. The minimum atomic E-state index is -1.28. The molecule has 0 bridgehead atoms. The second kappa shape index (κ2) is 11.8. The number of nitrogens with two attached hydrogens (primary N) is 1. The number of hydrogen-bond acceptors (Lipinski definition) is 5. The van der Waals surface area contributed by atoms with Crippen molar-refractivity contribution >= 4 is 35.2 Å². The Kier molecular flexibility index (Phi) is 8.59. The van der Waals surface area contributed by atoms with E-state index in [9.17, 15) is 24.3 Å². The van der Waals surface area contributed by atoms with E-state index in [1.807, 2.05) is 0 Å². The first-order valence-electron chi connectivity index (χ1n) is 11.8. The van der Waals surface area contributed by atoms with Crippen LogP contribution in [-0.2, 0) is 4.79 Å². The first kappa shape index (κ1) is 27.6. The van der Waals surface area contributed by atoms with Gasteiger partial charge in [0.1, 0.15) is 11.9 Å². The fourth-order valence-electron chi connectivity index (χ4n) is 3.86. The summed E-state index contributed by atoms with van der Waals surface area (Å²) in [5.41, 5.74) is 7.17. The lowest BCUT2D eigenvalue weighted by molar-refractivity contribution is -0.123. The molecule has 3 aromatic carbocycles. The van der Waals surface area contributed by atoms with E-state index in [4.69, 9.17) is 11.1 Å². The predicted molar refractivity (Wildman–Crippen MR) is 144 cm³/mol. The molecule has 0 radical (unpaired) electrons. The van der Waals surface area contributed by atoms with Gasteiger partial charge < -0.3 is 26.8 Å². The Hall–Kier alpha value is -4.99. The molecule has 10 nitrogen and oxygen atoms in total. The smallest absolute Gasteiger partial charge is 0.336 e. The second-order valence-corrected chi connectivity index (χ2v) is 8.87. The van der Waals surface area contributed by atoms with Gasteiger partial charge >= 0.3 is 5.97 Å². The molecule has 3 rings (SSSR count). The van der Waals surface area contributed by atoms with E-state index in [-0.39, 0.29) is 39.9 Å². The van der Waals surface area contributed by atoms with Crippen molar-refractivity contribution in [2.45, 2.75) is 19.9 Å². The molecule has 0 aliphatic carbocycles. The quantitative estimate of drug-likeness (QED) is 0.189. The number of nitrogens with one attached hydrogen (secondary N) is 4. The standard InChI is InChI=1S/C28H29N5O5/c1-15(2)23(27(36)31-3)33-25(34)17-10-13-20(22(14-17)28(37)38)19-6-4-5-7-21(19)26(35)32-18-11-8-16(9-12-18)24(29)30/h4-15,23H,1-3H3,(H3,29,30)(H,31,36)(H,32,35)(H,33,34)(H,37,38).